The number of benzene rings is 2. The van der Waals surface area contributed by atoms with Crippen LogP contribution in [-0.4, -0.2) is 43.2 Å². The molecule has 4 unspecified atom stereocenters. The number of likely N-dealkylation sites (tertiary alicyclic amines) is 1. The van der Waals surface area contributed by atoms with E-state index < -0.39 is 0 Å². The van der Waals surface area contributed by atoms with Crippen molar-refractivity contribution in [2.45, 2.75) is 104 Å². The van der Waals surface area contributed by atoms with Gasteiger partial charge in [-0.25, -0.2) is 0 Å². The van der Waals surface area contributed by atoms with Crippen LogP contribution in [0.5, 0.6) is 5.75 Å². The average Bonchev–Trinajstić information content (AvgIpc) is 3.54. The fraction of sp³-hybridized carbons (Fsp3) is 0.618. The van der Waals surface area contributed by atoms with Crippen LogP contribution >= 0.6 is 0 Å². The van der Waals surface area contributed by atoms with Crippen molar-refractivity contribution >= 4 is 5.91 Å². The summed E-state index contributed by atoms with van der Waals surface area (Å²) in [5.41, 5.74) is 5.05. The van der Waals surface area contributed by atoms with E-state index in [0.29, 0.717) is 19.1 Å². The number of ether oxygens (including phenoxy) is 2. The topological polar surface area (TPSA) is 50.8 Å². The molecule has 2 fully saturated rings. The molecule has 4 atom stereocenters. The Morgan fingerprint density at radius 1 is 1.10 bits per heavy atom. The van der Waals surface area contributed by atoms with Gasteiger partial charge in [0.05, 0.1) is 13.2 Å². The zero-order valence-electron chi connectivity index (χ0n) is 25.6. The van der Waals surface area contributed by atoms with Gasteiger partial charge in [-0.05, 0) is 58.3 Å². The highest BCUT2D eigenvalue weighted by Gasteiger charge is 2.50. The fourth-order valence-electron chi connectivity index (χ4n) is 6.38. The monoisotopic (exact) mass is 534 g/mol. The van der Waals surface area contributed by atoms with E-state index in [-0.39, 0.29) is 40.8 Å². The van der Waals surface area contributed by atoms with Crippen molar-refractivity contribution in [1.29, 1.82) is 0 Å². The lowest BCUT2D eigenvalue weighted by atomic mass is 9.75. The Kier molecular flexibility index (Phi) is 8.82. The first-order valence-electron chi connectivity index (χ1n) is 14.7. The second-order valence-electron chi connectivity index (χ2n) is 13.9. The van der Waals surface area contributed by atoms with Gasteiger partial charge in [0.25, 0.3) is 5.91 Å². The molecule has 2 aromatic rings. The molecule has 1 N–H and O–H groups in total. The average molecular weight is 535 g/mol. The van der Waals surface area contributed by atoms with Crippen LogP contribution in [0, 0.1) is 11.3 Å². The number of carbonyl (C=O) groups excluding carboxylic acids is 1. The van der Waals surface area contributed by atoms with E-state index in [2.05, 4.69) is 108 Å². The van der Waals surface area contributed by atoms with Crippen LogP contribution in [0.2, 0.25) is 0 Å². The van der Waals surface area contributed by atoms with Crippen LogP contribution in [0.25, 0.3) is 0 Å². The largest absolute Gasteiger partial charge is 0.496 e. The summed E-state index contributed by atoms with van der Waals surface area (Å²) in [6.45, 7) is 20.2. The summed E-state index contributed by atoms with van der Waals surface area (Å²) in [5, 5.41) is 3.98. The van der Waals surface area contributed by atoms with Crippen molar-refractivity contribution in [2.75, 3.05) is 20.3 Å². The van der Waals surface area contributed by atoms with Crippen molar-refractivity contribution in [2.24, 2.45) is 11.3 Å². The summed E-state index contributed by atoms with van der Waals surface area (Å²) in [7, 11) is 1.74. The lowest BCUT2D eigenvalue weighted by Gasteiger charge is -2.35. The van der Waals surface area contributed by atoms with Crippen LogP contribution < -0.4 is 10.1 Å². The Labute approximate surface area is 236 Å². The molecule has 2 aliphatic rings. The molecule has 0 bridgehead atoms. The highest BCUT2D eigenvalue weighted by molar-refractivity contribution is 5.82. The van der Waals surface area contributed by atoms with Crippen LogP contribution in [0.15, 0.2) is 42.5 Å². The van der Waals surface area contributed by atoms with Gasteiger partial charge in [0, 0.05) is 31.3 Å². The number of rotatable bonds is 7. The third-order valence-corrected chi connectivity index (χ3v) is 8.71. The zero-order valence-corrected chi connectivity index (χ0v) is 25.6. The molecular formula is C34H50N2O3. The van der Waals surface area contributed by atoms with Crippen molar-refractivity contribution in [1.82, 2.24) is 10.2 Å². The summed E-state index contributed by atoms with van der Waals surface area (Å²) in [6, 6.07) is 15.2. The van der Waals surface area contributed by atoms with E-state index in [0.717, 1.165) is 30.7 Å². The third kappa shape index (κ3) is 6.36. The summed E-state index contributed by atoms with van der Waals surface area (Å²) >= 11 is 0. The normalized spacial score (nSPS) is 24.0. The molecule has 2 aliphatic heterocycles. The van der Waals surface area contributed by atoms with Gasteiger partial charge in [-0.2, -0.15) is 0 Å². The molecule has 0 saturated carbocycles. The summed E-state index contributed by atoms with van der Waals surface area (Å²) in [4.78, 5) is 16.2. The molecule has 2 heterocycles. The summed E-state index contributed by atoms with van der Waals surface area (Å²) in [6.07, 6.45) is 1.43. The van der Waals surface area contributed by atoms with Gasteiger partial charge < -0.3 is 19.7 Å². The number of amides is 1. The molecule has 2 saturated heterocycles. The van der Waals surface area contributed by atoms with Crippen LogP contribution in [0.4, 0.5) is 0 Å². The van der Waals surface area contributed by atoms with E-state index >= 15 is 0 Å². The lowest BCUT2D eigenvalue weighted by molar-refractivity contribution is -0.142. The Balaban J connectivity index is 1.77. The number of carbonyl (C=O) groups is 1. The predicted molar refractivity (Wildman–Crippen MR) is 159 cm³/mol. The molecule has 5 nitrogen and oxygen atoms in total. The standard InChI is InChI=1S/C34H50N2O3/c1-22(2)25-13-10-11-14-26(25)31-30(35-20-23-19-24(33(3,4)5)16-17-28(23)38-9)27(34(6,7)8)21-36(31)32(37)29-15-12-18-39-29/h10-11,13-14,16-17,19,22,27,29-31,35H,12,15,18,20-21H2,1-9H3. The van der Waals surface area contributed by atoms with Crippen LogP contribution in [-0.2, 0) is 21.5 Å². The quantitative estimate of drug-likeness (QED) is 0.416. The number of methoxy groups -OCH3 is 1. The molecule has 0 aliphatic carbocycles. The van der Waals surface area contributed by atoms with Crippen LogP contribution in [0.3, 0.4) is 0 Å². The number of hydrogen-bond donors (Lipinski definition) is 1. The van der Waals surface area contributed by atoms with E-state index in [1.165, 1.54) is 16.7 Å². The first-order chi connectivity index (χ1) is 18.3. The Hall–Kier alpha value is -2.37. The van der Waals surface area contributed by atoms with Gasteiger partial charge in [0.15, 0.2) is 0 Å². The summed E-state index contributed by atoms with van der Waals surface area (Å²) in [5.74, 6) is 1.66. The maximum absolute atomic E-state index is 14.0. The van der Waals surface area contributed by atoms with Gasteiger partial charge in [0.1, 0.15) is 11.9 Å². The van der Waals surface area contributed by atoms with Crippen molar-refractivity contribution < 1.29 is 14.3 Å². The number of nitrogens with one attached hydrogen (secondary N) is 1. The third-order valence-electron chi connectivity index (χ3n) is 8.71. The number of nitrogens with zero attached hydrogens (tertiary/aromatic N) is 1. The van der Waals surface area contributed by atoms with E-state index in [1.807, 2.05) is 0 Å². The molecule has 39 heavy (non-hydrogen) atoms. The molecule has 214 valence electrons. The minimum atomic E-state index is -0.332. The van der Waals surface area contributed by atoms with Gasteiger partial charge in [0.2, 0.25) is 0 Å². The van der Waals surface area contributed by atoms with Gasteiger partial charge in [-0.1, -0.05) is 91.8 Å². The minimum absolute atomic E-state index is 0.00555. The molecule has 0 aromatic heterocycles. The molecule has 5 heteroatoms. The van der Waals surface area contributed by atoms with Crippen molar-refractivity contribution in [3.05, 3.63) is 64.7 Å². The molecule has 1 amide bonds. The fourth-order valence-corrected chi connectivity index (χ4v) is 6.38. The van der Waals surface area contributed by atoms with E-state index in [4.69, 9.17) is 9.47 Å². The first kappa shape index (κ1) is 29.6. The maximum atomic E-state index is 14.0. The smallest absolute Gasteiger partial charge is 0.252 e. The number of hydrogen-bond acceptors (Lipinski definition) is 4. The zero-order chi connectivity index (χ0) is 28.5. The molecule has 2 aromatic carbocycles. The van der Waals surface area contributed by atoms with Gasteiger partial charge >= 0.3 is 0 Å². The summed E-state index contributed by atoms with van der Waals surface area (Å²) < 4.78 is 11.7. The van der Waals surface area contributed by atoms with Gasteiger partial charge in [-0.3, -0.25) is 4.79 Å². The Morgan fingerprint density at radius 3 is 2.41 bits per heavy atom. The SMILES string of the molecule is COc1ccc(C(C)(C)C)cc1CNC1C(c2ccccc2C(C)C)N(C(=O)C2CCCO2)CC1C(C)(C)C. The molecule has 0 radical (unpaired) electrons. The van der Waals surface area contributed by atoms with Crippen molar-refractivity contribution in [3.8, 4) is 5.75 Å². The second kappa shape index (κ2) is 11.6. The van der Waals surface area contributed by atoms with Crippen LogP contribution in [0.1, 0.15) is 102 Å². The van der Waals surface area contributed by atoms with E-state index in [1.54, 1.807) is 7.11 Å². The van der Waals surface area contributed by atoms with E-state index in [9.17, 15) is 4.79 Å². The predicted octanol–water partition coefficient (Wildman–Crippen LogP) is 7.00. The second-order valence-corrected chi connectivity index (χ2v) is 13.9. The Morgan fingerprint density at radius 2 is 1.82 bits per heavy atom. The molecular weight excluding hydrogens is 484 g/mol. The Bertz CT molecular complexity index is 1140. The lowest BCUT2D eigenvalue weighted by Crippen LogP contribution is -2.44. The van der Waals surface area contributed by atoms with Gasteiger partial charge in [-0.15, -0.1) is 0 Å². The minimum Gasteiger partial charge on any atom is -0.496 e. The molecule has 4 rings (SSSR count). The highest BCUT2D eigenvalue weighted by atomic mass is 16.5. The highest BCUT2D eigenvalue weighted by Crippen LogP contribution is 2.46. The molecule has 0 spiro atoms. The maximum Gasteiger partial charge on any atom is 0.252 e. The van der Waals surface area contributed by atoms with Crippen molar-refractivity contribution in [3.63, 3.8) is 0 Å². The first-order valence-corrected chi connectivity index (χ1v) is 14.7.